The van der Waals surface area contributed by atoms with Crippen LogP contribution in [0.1, 0.15) is 20.8 Å². The number of carbonyl (C=O) groups is 1. The fourth-order valence-electron chi connectivity index (χ4n) is 2.50. The highest BCUT2D eigenvalue weighted by molar-refractivity contribution is 7.84. The van der Waals surface area contributed by atoms with Crippen LogP contribution in [-0.2, 0) is 16.8 Å². The van der Waals surface area contributed by atoms with Crippen LogP contribution in [0.3, 0.4) is 0 Å². The number of nitrogens with two attached hydrogens (primary N) is 1. The Morgan fingerprint density at radius 2 is 1.79 bits per heavy atom. The van der Waals surface area contributed by atoms with Crippen molar-refractivity contribution < 1.29 is 17.4 Å². The predicted molar refractivity (Wildman–Crippen MR) is 106 cm³/mol. The van der Waals surface area contributed by atoms with Crippen molar-refractivity contribution in [3.8, 4) is 11.8 Å². The minimum atomic E-state index is -4.10. The van der Waals surface area contributed by atoms with Crippen molar-refractivity contribution in [3.05, 3.63) is 82.0 Å². The van der Waals surface area contributed by atoms with Gasteiger partial charge in [0, 0.05) is 5.69 Å². The molecular weight excluding hydrogens is 398 g/mol. The number of benzene rings is 2. The van der Waals surface area contributed by atoms with Crippen LogP contribution < -0.4 is 14.2 Å². The first-order chi connectivity index (χ1) is 13.4. The van der Waals surface area contributed by atoms with E-state index in [1.807, 2.05) is 11.4 Å². The molecule has 1 aromatic heterocycles. The van der Waals surface area contributed by atoms with Crippen molar-refractivity contribution in [2.75, 3.05) is 4.90 Å². The van der Waals surface area contributed by atoms with Crippen LogP contribution >= 0.6 is 11.3 Å². The predicted octanol–water partition coefficient (Wildman–Crippen LogP) is 3.05. The van der Waals surface area contributed by atoms with E-state index in [1.54, 1.807) is 53.4 Å². The summed E-state index contributed by atoms with van der Waals surface area (Å²) in [5.41, 5.74) is 1.90. The van der Waals surface area contributed by atoms with Crippen molar-refractivity contribution in [2.24, 2.45) is 5.14 Å². The molecule has 9 heteroatoms. The minimum absolute atomic E-state index is 0.0840. The molecule has 0 aliphatic carbocycles. The Labute approximate surface area is 166 Å². The molecule has 7 nitrogen and oxygen atoms in total. The SMILES string of the molecule is N#Cc1ccc(N(Cc2ccc(OS(N)(=O)=O)cc2)C(=O)c2cccs2)cc1. The number of amides is 1. The molecule has 0 atom stereocenters. The Morgan fingerprint density at radius 3 is 2.32 bits per heavy atom. The van der Waals surface area contributed by atoms with Gasteiger partial charge in [0.15, 0.2) is 0 Å². The van der Waals surface area contributed by atoms with E-state index in [-0.39, 0.29) is 18.2 Å². The van der Waals surface area contributed by atoms with Gasteiger partial charge in [0.1, 0.15) is 5.75 Å². The van der Waals surface area contributed by atoms with E-state index in [2.05, 4.69) is 4.18 Å². The molecule has 2 N–H and O–H groups in total. The number of hydrogen-bond donors (Lipinski definition) is 1. The van der Waals surface area contributed by atoms with E-state index in [0.29, 0.717) is 16.1 Å². The maximum atomic E-state index is 13.0. The smallest absolute Gasteiger partial charge is 0.371 e. The summed E-state index contributed by atoms with van der Waals surface area (Å²) in [5, 5.41) is 15.7. The average Bonchev–Trinajstić information content (AvgIpc) is 3.21. The molecule has 142 valence electrons. The molecule has 2 aromatic carbocycles. The van der Waals surface area contributed by atoms with Crippen molar-refractivity contribution >= 4 is 33.2 Å². The number of hydrogen-bond acceptors (Lipinski definition) is 6. The maximum Gasteiger partial charge on any atom is 0.380 e. The molecule has 0 fully saturated rings. The van der Waals surface area contributed by atoms with E-state index in [1.165, 1.54) is 23.5 Å². The van der Waals surface area contributed by atoms with E-state index in [4.69, 9.17) is 10.4 Å². The number of nitrogens with zero attached hydrogens (tertiary/aromatic N) is 2. The maximum absolute atomic E-state index is 13.0. The summed E-state index contributed by atoms with van der Waals surface area (Å²) < 4.78 is 26.6. The lowest BCUT2D eigenvalue weighted by Crippen LogP contribution is -2.29. The summed E-state index contributed by atoms with van der Waals surface area (Å²) in [6.45, 7) is 0.248. The lowest BCUT2D eigenvalue weighted by Gasteiger charge is -2.22. The van der Waals surface area contributed by atoms with Gasteiger partial charge < -0.3 is 9.08 Å². The number of anilines is 1. The quantitative estimate of drug-likeness (QED) is 0.667. The second kappa shape index (κ2) is 8.22. The topological polar surface area (TPSA) is 113 Å². The summed E-state index contributed by atoms with van der Waals surface area (Å²) >= 11 is 1.34. The summed E-state index contributed by atoms with van der Waals surface area (Å²) in [5.74, 6) is -0.0923. The molecule has 0 saturated heterocycles. The molecule has 3 aromatic rings. The lowest BCUT2D eigenvalue weighted by atomic mass is 10.1. The van der Waals surface area contributed by atoms with Gasteiger partial charge in [-0.15, -0.1) is 11.3 Å². The van der Waals surface area contributed by atoms with E-state index < -0.39 is 10.3 Å². The van der Waals surface area contributed by atoms with Crippen molar-refractivity contribution in [1.29, 1.82) is 5.26 Å². The normalized spacial score (nSPS) is 10.9. The molecular formula is C19H15N3O4S2. The van der Waals surface area contributed by atoms with Gasteiger partial charge >= 0.3 is 10.3 Å². The Morgan fingerprint density at radius 1 is 1.11 bits per heavy atom. The summed E-state index contributed by atoms with van der Waals surface area (Å²) in [4.78, 5) is 15.1. The van der Waals surface area contributed by atoms with Gasteiger partial charge in [-0.25, -0.2) is 0 Å². The van der Waals surface area contributed by atoms with Crippen molar-refractivity contribution in [1.82, 2.24) is 0 Å². The first-order valence-corrected chi connectivity index (χ1v) is 10.4. The Kier molecular flexibility index (Phi) is 5.75. The highest BCUT2D eigenvalue weighted by Crippen LogP contribution is 2.24. The van der Waals surface area contributed by atoms with Gasteiger partial charge in [-0.05, 0) is 53.4 Å². The molecule has 0 saturated carbocycles. The molecule has 1 heterocycles. The number of rotatable bonds is 6. The van der Waals surface area contributed by atoms with Gasteiger partial charge in [-0.2, -0.15) is 18.8 Å². The molecule has 0 unspecified atom stereocenters. The molecule has 0 aliphatic heterocycles. The highest BCUT2D eigenvalue weighted by atomic mass is 32.2. The molecule has 0 spiro atoms. The van der Waals surface area contributed by atoms with E-state index in [0.717, 1.165) is 5.56 Å². The molecule has 3 rings (SSSR count). The first kappa shape index (κ1) is 19.6. The zero-order valence-electron chi connectivity index (χ0n) is 14.5. The van der Waals surface area contributed by atoms with E-state index >= 15 is 0 Å². The van der Waals surface area contributed by atoms with Gasteiger partial charge in [0.05, 0.1) is 23.1 Å². The standard InChI is InChI=1S/C19H15N3O4S2/c20-12-14-3-7-16(8-4-14)22(19(23)18-2-1-11-27-18)13-15-5-9-17(10-6-15)26-28(21,24)25/h1-11H,13H2,(H2,21,24,25). The lowest BCUT2D eigenvalue weighted by molar-refractivity contribution is 0.0989. The fraction of sp³-hybridized carbons (Fsp3) is 0.0526. The third-order valence-electron chi connectivity index (χ3n) is 3.76. The second-order valence-electron chi connectivity index (χ2n) is 5.75. The molecule has 1 amide bonds. The minimum Gasteiger partial charge on any atom is -0.371 e. The fourth-order valence-corrected chi connectivity index (χ4v) is 3.55. The Hall–Kier alpha value is -3.19. The van der Waals surface area contributed by atoms with Crippen LogP contribution in [0.25, 0.3) is 0 Å². The zero-order valence-corrected chi connectivity index (χ0v) is 16.1. The van der Waals surface area contributed by atoms with Crippen LogP contribution in [0.5, 0.6) is 5.75 Å². The molecule has 0 radical (unpaired) electrons. The van der Waals surface area contributed by atoms with Crippen LogP contribution in [-0.4, -0.2) is 14.3 Å². The first-order valence-electron chi connectivity index (χ1n) is 8.02. The molecule has 0 aliphatic rings. The van der Waals surface area contributed by atoms with Crippen molar-refractivity contribution in [2.45, 2.75) is 6.54 Å². The number of thiophene rings is 1. The van der Waals surface area contributed by atoms with Crippen LogP contribution in [0.4, 0.5) is 5.69 Å². The average molecular weight is 413 g/mol. The monoisotopic (exact) mass is 413 g/mol. The number of nitriles is 1. The Balaban J connectivity index is 1.88. The summed E-state index contributed by atoms with van der Waals surface area (Å²) in [6, 6.07) is 18.5. The third-order valence-corrected chi connectivity index (χ3v) is 5.04. The van der Waals surface area contributed by atoms with Crippen LogP contribution in [0.2, 0.25) is 0 Å². The van der Waals surface area contributed by atoms with Crippen LogP contribution in [0.15, 0.2) is 66.0 Å². The largest absolute Gasteiger partial charge is 0.380 e. The Bertz CT molecular complexity index is 1100. The van der Waals surface area contributed by atoms with Crippen molar-refractivity contribution in [3.63, 3.8) is 0 Å². The second-order valence-corrected chi connectivity index (χ2v) is 7.85. The third kappa shape index (κ3) is 4.95. The molecule has 28 heavy (non-hydrogen) atoms. The molecule has 0 bridgehead atoms. The highest BCUT2D eigenvalue weighted by Gasteiger charge is 2.19. The van der Waals surface area contributed by atoms with Gasteiger partial charge in [-0.1, -0.05) is 18.2 Å². The van der Waals surface area contributed by atoms with Gasteiger partial charge in [0.2, 0.25) is 0 Å². The summed E-state index contributed by atoms with van der Waals surface area (Å²) in [7, 11) is -4.10. The summed E-state index contributed by atoms with van der Waals surface area (Å²) in [6.07, 6.45) is 0. The van der Waals surface area contributed by atoms with Crippen LogP contribution in [0, 0.1) is 11.3 Å². The zero-order chi connectivity index (χ0) is 20.1. The van der Waals surface area contributed by atoms with Gasteiger partial charge in [-0.3, -0.25) is 4.79 Å². The van der Waals surface area contributed by atoms with Gasteiger partial charge in [0.25, 0.3) is 5.91 Å². The van der Waals surface area contributed by atoms with E-state index in [9.17, 15) is 13.2 Å². The number of carbonyl (C=O) groups excluding carboxylic acids is 1.